The van der Waals surface area contributed by atoms with Crippen LogP contribution in [0.15, 0.2) is 0 Å². The second-order valence-corrected chi connectivity index (χ2v) is 7.44. The van der Waals surface area contributed by atoms with Gasteiger partial charge >= 0.3 is 0 Å². The van der Waals surface area contributed by atoms with Gasteiger partial charge in [0.1, 0.15) is 0 Å². The van der Waals surface area contributed by atoms with Crippen LogP contribution in [0, 0.1) is 11.8 Å². The normalized spacial score (nSPS) is 26.9. The Kier molecular flexibility index (Phi) is 5.76. The summed E-state index contributed by atoms with van der Waals surface area (Å²) in [6.07, 6.45) is 5.33. The molecule has 1 rings (SSSR count). The van der Waals surface area contributed by atoms with Gasteiger partial charge < -0.3 is 5.32 Å². The second kappa shape index (κ2) is 6.60. The summed E-state index contributed by atoms with van der Waals surface area (Å²) in [4.78, 5) is 0. The van der Waals surface area contributed by atoms with Crippen LogP contribution in [0.25, 0.3) is 0 Å². The molecule has 0 aromatic heterocycles. The van der Waals surface area contributed by atoms with E-state index in [2.05, 4.69) is 12.2 Å². The minimum absolute atomic E-state index is 0.258. The van der Waals surface area contributed by atoms with Gasteiger partial charge in [-0.05, 0) is 24.8 Å². The van der Waals surface area contributed by atoms with E-state index in [0.29, 0.717) is 6.54 Å². The summed E-state index contributed by atoms with van der Waals surface area (Å²) in [6, 6.07) is 0. The molecular formula is C12H25NO2S. The molecule has 0 spiro atoms. The summed E-state index contributed by atoms with van der Waals surface area (Å²) in [5.74, 6) is 2.08. The Labute approximate surface area is 99.9 Å². The van der Waals surface area contributed by atoms with Crippen molar-refractivity contribution in [2.45, 2.75) is 39.5 Å². The maximum absolute atomic E-state index is 11.3. The molecule has 0 amide bonds. The molecular weight excluding hydrogens is 222 g/mol. The van der Waals surface area contributed by atoms with Crippen molar-refractivity contribution >= 4 is 9.84 Å². The minimum Gasteiger partial charge on any atom is -0.315 e. The molecule has 2 unspecified atom stereocenters. The molecule has 1 N–H and O–H groups in total. The Hall–Kier alpha value is -0.0900. The number of sulfone groups is 1. The average Bonchev–Trinajstić information content (AvgIpc) is 2.27. The zero-order chi connectivity index (χ0) is 12.0. The molecule has 0 aliphatic heterocycles. The third kappa shape index (κ3) is 4.83. The smallest absolute Gasteiger partial charge is 0.151 e. The molecule has 0 aromatic carbocycles. The number of hydrogen-bond acceptors (Lipinski definition) is 3. The van der Waals surface area contributed by atoms with Crippen molar-refractivity contribution in [1.29, 1.82) is 0 Å². The molecule has 0 bridgehead atoms. The van der Waals surface area contributed by atoms with Gasteiger partial charge in [-0.3, -0.25) is 0 Å². The highest BCUT2D eigenvalue weighted by Crippen LogP contribution is 2.28. The van der Waals surface area contributed by atoms with Gasteiger partial charge in [-0.15, -0.1) is 0 Å². The van der Waals surface area contributed by atoms with E-state index in [1.54, 1.807) is 6.92 Å². The van der Waals surface area contributed by atoms with Crippen molar-refractivity contribution < 1.29 is 8.42 Å². The molecule has 0 heterocycles. The van der Waals surface area contributed by atoms with E-state index in [4.69, 9.17) is 0 Å². The van der Waals surface area contributed by atoms with Crippen LogP contribution in [-0.2, 0) is 9.84 Å². The third-order valence-electron chi connectivity index (χ3n) is 3.73. The molecule has 0 saturated heterocycles. The van der Waals surface area contributed by atoms with Crippen molar-refractivity contribution in [1.82, 2.24) is 5.32 Å². The van der Waals surface area contributed by atoms with Crippen molar-refractivity contribution in [3.05, 3.63) is 0 Å². The highest BCUT2D eigenvalue weighted by Gasteiger charge is 2.20. The van der Waals surface area contributed by atoms with Crippen LogP contribution in [-0.4, -0.2) is 33.0 Å². The maximum Gasteiger partial charge on any atom is 0.151 e. The van der Waals surface area contributed by atoms with E-state index in [1.165, 1.54) is 25.7 Å². The second-order valence-electron chi connectivity index (χ2n) is 4.96. The first kappa shape index (κ1) is 14.0. The summed E-state index contributed by atoms with van der Waals surface area (Å²) in [5.41, 5.74) is 0. The highest BCUT2D eigenvalue weighted by atomic mass is 32.2. The summed E-state index contributed by atoms with van der Waals surface area (Å²) in [6.45, 7) is 5.62. The molecule has 3 nitrogen and oxygen atoms in total. The zero-order valence-corrected chi connectivity index (χ0v) is 11.4. The average molecular weight is 247 g/mol. The van der Waals surface area contributed by atoms with Gasteiger partial charge in [0.15, 0.2) is 9.84 Å². The first-order valence-corrected chi connectivity index (χ1v) is 8.28. The predicted octanol–water partition coefficient (Wildman–Crippen LogP) is 1.84. The molecule has 1 aliphatic rings. The monoisotopic (exact) mass is 247 g/mol. The van der Waals surface area contributed by atoms with E-state index in [-0.39, 0.29) is 11.5 Å². The van der Waals surface area contributed by atoms with Gasteiger partial charge in [0.05, 0.1) is 5.75 Å². The predicted molar refractivity (Wildman–Crippen MR) is 68.3 cm³/mol. The van der Waals surface area contributed by atoms with E-state index in [1.807, 2.05) is 0 Å². The fourth-order valence-electron chi connectivity index (χ4n) is 2.36. The highest BCUT2D eigenvalue weighted by molar-refractivity contribution is 7.91. The van der Waals surface area contributed by atoms with Crippen molar-refractivity contribution in [2.75, 3.05) is 24.6 Å². The Balaban J connectivity index is 2.15. The Morgan fingerprint density at radius 3 is 2.56 bits per heavy atom. The van der Waals surface area contributed by atoms with Gasteiger partial charge in [-0.1, -0.05) is 33.1 Å². The first-order valence-electron chi connectivity index (χ1n) is 6.46. The molecule has 1 fully saturated rings. The van der Waals surface area contributed by atoms with E-state index in [0.717, 1.165) is 18.4 Å². The summed E-state index contributed by atoms with van der Waals surface area (Å²) in [5, 5.41) is 3.30. The molecule has 16 heavy (non-hydrogen) atoms. The fraction of sp³-hybridized carbons (Fsp3) is 1.00. The van der Waals surface area contributed by atoms with E-state index < -0.39 is 9.84 Å². The molecule has 1 saturated carbocycles. The number of nitrogens with one attached hydrogen (secondary N) is 1. The molecule has 0 radical (unpaired) electrons. The topological polar surface area (TPSA) is 46.2 Å². The molecule has 1 aliphatic carbocycles. The van der Waals surface area contributed by atoms with Crippen LogP contribution in [0.4, 0.5) is 0 Å². The van der Waals surface area contributed by atoms with Gasteiger partial charge in [-0.25, -0.2) is 8.42 Å². The van der Waals surface area contributed by atoms with Crippen molar-refractivity contribution in [3.8, 4) is 0 Å². The molecule has 2 atom stereocenters. The van der Waals surface area contributed by atoms with Gasteiger partial charge in [0.2, 0.25) is 0 Å². The van der Waals surface area contributed by atoms with Crippen LogP contribution in [0.1, 0.15) is 39.5 Å². The molecule has 0 aromatic rings. The van der Waals surface area contributed by atoms with Gasteiger partial charge in [0.25, 0.3) is 0 Å². The van der Waals surface area contributed by atoms with Crippen molar-refractivity contribution in [2.24, 2.45) is 11.8 Å². The van der Waals surface area contributed by atoms with Crippen LogP contribution in [0.3, 0.4) is 0 Å². The summed E-state index contributed by atoms with van der Waals surface area (Å²) >= 11 is 0. The lowest BCUT2D eigenvalue weighted by atomic mass is 9.80. The van der Waals surface area contributed by atoms with Crippen LogP contribution in [0.5, 0.6) is 0 Å². The van der Waals surface area contributed by atoms with Crippen molar-refractivity contribution in [3.63, 3.8) is 0 Å². The lowest BCUT2D eigenvalue weighted by Gasteiger charge is -2.28. The lowest BCUT2D eigenvalue weighted by molar-refractivity contribution is 0.249. The van der Waals surface area contributed by atoms with Crippen LogP contribution < -0.4 is 5.32 Å². The van der Waals surface area contributed by atoms with Crippen LogP contribution in [0.2, 0.25) is 0 Å². The standard InChI is InChI=1S/C12H25NO2S/c1-3-16(14,15)9-8-13-10-12-7-5-4-6-11(12)2/h11-13H,3-10H2,1-2H3. The first-order chi connectivity index (χ1) is 7.55. The number of hydrogen-bond donors (Lipinski definition) is 1. The van der Waals surface area contributed by atoms with E-state index >= 15 is 0 Å². The molecule has 96 valence electrons. The SMILES string of the molecule is CCS(=O)(=O)CCNCC1CCCCC1C. The quantitative estimate of drug-likeness (QED) is 0.729. The van der Waals surface area contributed by atoms with Gasteiger partial charge in [-0.2, -0.15) is 0 Å². The Bertz CT molecular complexity index is 287. The number of rotatable bonds is 6. The fourth-order valence-corrected chi connectivity index (χ4v) is 3.10. The Morgan fingerprint density at radius 2 is 1.94 bits per heavy atom. The maximum atomic E-state index is 11.3. The summed E-state index contributed by atoms with van der Waals surface area (Å²) in [7, 11) is -2.80. The minimum atomic E-state index is -2.80. The summed E-state index contributed by atoms with van der Waals surface area (Å²) < 4.78 is 22.5. The lowest BCUT2D eigenvalue weighted by Crippen LogP contribution is -2.32. The Morgan fingerprint density at radius 1 is 1.25 bits per heavy atom. The molecule has 4 heteroatoms. The third-order valence-corrected chi connectivity index (χ3v) is 5.43. The van der Waals surface area contributed by atoms with Crippen LogP contribution >= 0.6 is 0 Å². The largest absolute Gasteiger partial charge is 0.315 e. The van der Waals surface area contributed by atoms with Gasteiger partial charge in [0, 0.05) is 12.3 Å². The van der Waals surface area contributed by atoms with E-state index in [9.17, 15) is 8.42 Å². The zero-order valence-electron chi connectivity index (χ0n) is 10.5.